The van der Waals surface area contributed by atoms with Gasteiger partial charge in [0.1, 0.15) is 4.83 Å². The lowest BCUT2D eigenvalue weighted by atomic mass is 9.97. The average Bonchev–Trinajstić information content (AvgIpc) is 2.84. The summed E-state index contributed by atoms with van der Waals surface area (Å²) in [7, 11) is 0. The summed E-state index contributed by atoms with van der Waals surface area (Å²) in [5, 5.41) is 0.901. The lowest BCUT2D eigenvalue weighted by Gasteiger charge is -2.21. The van der Waals surface area contributed by atoms with Crippen LogP contribution in [0, 0.1) is 10.7 Å². The maximum absolute atomic E-state index is 13.0. The van der Waals surface area contributed by atoms with Crippen molar-refractivity contribution in [2.24, 2.45) is 5.92 Å². The van der Waals surface area contributed by atoms with E-state index < -0.39 is 0 Å². The SMILES string of the molecule is CCC(C)C(C)n1c(=S)[nH]c2sc3c(c2c1=O)CCCC3. The Kier molecular flexibility index (Phi) is 4.06. The van der Waals surface area contributed by atoms with Crippen molar-refractivity contribution in [1.82, 2.24) is 9.55 Å². The van der Waals surface area contributed by atoms with Gasteiger partial charge >= 0.3 is 0 Å². The second-order valence-corrected chi connectivity index (χ2v) is 7.64. The van der Waals surface area contributed by atoms with Gasteiger partial charge in [0.05, 0.1) is 5.39 Å². The molecule has 0 amide bonds. The zero-order chi connectivity index (χ0) is 15.1. The highest BCUT2D eigenvalue weighted by Gasteiger charge is 2.22. The fraction of sp³-hybridized carbons (Fsp3) is 0.625. The molecular weight excluding hydrogens is 300 g/mol. The smallest absolute Gasteiger partial charge is 0.263 e. The van der Waals surface area contributed by atoms with Crippen LogP contribution in [0.5, 0.6) is 0 Å². The highest BCUT2D eigenvalue weighted by atomic mass is 32.1. The van der Waals surface area contributed by atoms with E-state index in [1.54, 1.807) is 15.9 Å². The summed E-state index contributed by atoms with van der Waals surface area (Å²) < 4.78 is 2.37. The molecule has 114 valence electrons. The first-order chi connectivity index (χ1) is 10.0. The molecule has 2 aromatic rings. The zero-order valence-corrected chi connectivity index (χ0v) is 14.5. The second kappa shape index (κ2) is 5.69. The standard InChI is InChI=1S/C16H22N2OS2/c1-4-9(2)10(3)18-15(19)13-11-7-5-6-8-12(11)21-14(13)17-16(18)20/h9-10H,4-8H2,1-3H3,(H,17,20). The summed E-state index contributed by atoms with van der Waals surface area (Å²) in [4.78, 5) is 18.7. The van der Waals surface area contributed by atoms with Crippen LogP contribution < -0.4 is 5.56 Å². The molecule has 3 rings (SSSR count). The molecule has 2 aromatic heterocycles. The van der Waals surface area contributed by atoms with E-state index in [0.29, 0.717) is 10.7 Å². The van der Waals surface area contributed by atoms with Crippen LogP contribution >= 0.6 is 23.6 Å². The van der Waals surface area contributed by atoms with Crippen molar-refractivity contribution >= 4 is 33.8 Å². The summed E-state index contributed by atoms with van der Waals surface area (Å²) >= 11 is 7.19. The number of aromatic amines is 1. The molecule has 0 aliphatic heterocycles. The van der Waals surface area contributed by atoms with Crippen LogP contribution in [-0.2, 0) is 12.8 Å². The Morgan fingerprint density at radius 3 is 2.76 bits per heavy atom. The van der Waals surface area contributed by atoms with Gasteiger partial charge in [-0.1, -0.05) is 20.3 Å². The van der Waals surface area contributed by atoms with E-state index in [2.05, 4.69) is 25.8 Å². The van der Waals surface area contributed by atoms with Crippen LogP contribution in [0.3, 0.4) is 0 Å². The van der Waals surface area contributed by atoms with Gasteiger partial charge in [0.15, 0.2) is 4.77 Å². The second-order valence-electron chi connectivity index (χ2n) is 6.15. The van der Waals surface area contributed by atoms with Gasteiger partial charge in [0.25, 0.3) is 5.56 Å². The third kappa shape index (κ3) is 2.40. The maximum atomic E-state index is 13.0. The van der Waals surface area contributed by atoms with E-state index in [4.69, 9.17) is 12.2 Å². The van der Waals surface area contributed by atoms with Gasteiger partial charge in [0, 0.05) is 10.9 Å². The van der Waals surface area contributed by atoms with Gasteiger partial charge in [-0.3, -0.25) is 9.36 Å². The van der Waals surface area contributed by atoms with Crippen molar-refractivity contribution < 1.29 is 0 Å². The van der Waals surface area contributed by atoms with Crippen molar-refractivity contribution in [2.75, 3.05) is 0 Å². The number of H-pyrrole nitrogens is 1. The highest BCUT2D eigenvalue weighted by Crippen LogP contribution is 2.34. The Balaban J connectivity index is 2.27. The summed E-state index contributed by atoms with van der Waals surface area (Å²) in [6.07, 6.45) is 5.61. The first-order valence-electron chi connectivity index (χ1n) is 7.83. The summed E-state index contributed by atoms with van der Waals surface area (Å²) in [5.41, 5.74) is 1.39. The molecule has 0 bridgehead atoms. The van der Waals surface area contributed by atoms with Crippen LogP contribution in [0.4, 0.5) is 0 Å². The molecule has 2 atom stereocenters. The first-order valence-corrected chi connectivity index (χ1v) is 9.06. The Morgan fingerprint density at radius 1 is 1.33 bits per heavy atom. The van der Waals surface area contributed by atoms with Gasteiger partial charge < -0.3 is 4.98 Å². The molecule has 3 nitrogen and oxygen atoms in total. The predicted molar refractivity (Wildman–Crippen MR) is 92.1 cm³/mol. The molecule has 1 N–H and O–H groups in total. The molecule has 2 heterocycles. The fourth-order valence-electron chi connectivity index (χ4n) is 3.22. The number of aromatic nitrogens is 2. The van der Waals surface area contributed by atoms with Crippen LogP contribution in [0.2, 0.25) is 0 Å². The average molecular weight is 322 g/mol. The van der Waals surface area contributed by atoms with Crippen molar-refractivity contribution in [1.29, 1.82) is 0 Å². The van der Waals surface area contributed by atoms with E-state index in [9.17, 15) is 4.79 Å². The van der Waals surface area contributed by atoms with E-state index in [1.807, 2.05) is 0 Å². The molecule has 2 unspecified atom stereocenters. The van der Waals surface area contributed by atoms with Crippen molar-refractivity contribution in [3.05, 3.63) is 25.6 Å². The number of fused-ring (bicyclic) bond motifs is 3. The zero-order valence-electron chi connectivity index (χ0n) is 12.9. The van der Waals surface area contributed by atoms with E-state index >= 15 is 0 Å². The van der Waals surface area contributed by atoms with Gasteiger partial charge in [-0.2, -0.15) is 0 Å². The molecule has 0 saturated heterocycles. The third-order valence-electron chi connectivity index (χ3n) is 4.92. The van der Waals surface area contributed by atoms with Crippen molar-refractivity contribution in [2.45, 2.75) is 58.9 Å². The molecule has 0 spiro atoms. The maximum Gasteiger partial charge on any atom is 0.263 e. The Labute approximate surface area is 134 Å². The number of aryl methyl sites for hydroxylation is 2. The topological polar surface area (TPSA) is 37.8 Å². The molecule has 1 aliphatic rings. The van der Waals surface area contributed by atoms with E-state index in [1.165, 1.54) is 23.3 Å². The molecule has 1 aliphatic carbocycles. The molecule has 0 radical (unpaired) electrons. The monoisotopic (exact) mass is 322 g/mol. The minimum atomic E-state index is 0.112. The number of hydrogen-bond donors (Lipinski definition) is 1. The minimum Gasteiger partial charge on any atom is -0.323 e. The van der Waals surface area contributed by atoms with Crippen LogP contribution in [0.15, 0.2) is 4.79 Å². The summed E-state index contributed by atoms with van der Waals surface area (Å²) in [6.45, 7) is 6.44. The van der Waals surface area contributed by atoms with Gasteiger partial charge in [-0.15, -0.1) is 11.3 Å². The molecular formula is C16H22N2OS2. The number of rotatable bonds is 3. The summed E-state index contributed by atoms with van der Waals surface area (Å²) in [5.74, 6) is 0.435. The van der Waals surface area contributed by atoms with Gasteiger partial charge in [0.2, 0.25) is 0 Å². The van der Waals surface area contributed by atoms with Crippen molar-refractivity contribution in [3.63, 3.8) is 0 Å². The Bertz CT molecular complexity index is 784. The van der Waals surface area contributed by atoms with Crippen LogP contribution in [0.1, 0.15) is 56.5 Å². The number of thiophene rings is 1. The Morgan fingerprint density at radius 2 is 2.05 bits per heavy atom. The van der Waals surface area contributed by atoms with E-state index in [-0.39, 0.29) is 11.6 Å². The van der Waals surface area contributed by atoms with Gasteiger partial charge in [-0.05, 0) is 56.3 Å². The first kappa shape index (κ1) is 15.0. The lowest BCUT2D eigenvalue weighted by molar-refractivity contribution is 0.357. The van der Waals surface area contributed by atoms with Crippen molar-refractivity contribution in [3.8, 4) is 0 Å². The molecule has 0 saturated carbocycles. The molecule has 21 heavy (non-hydrogen) atoms. The molecule has 0 aromatic carbocycles. The number of nitrogens with zero attached hydrogens (tertiary/aromatic N) is 1. The normalized spacial score (nSPS) is 17.7. The summed E-state index contributed by atoms with van der Waals surface area (Å²) in [6, 6.07) is 0.134. The minimum absolute atomic E-state index is 0.112. The van der Waals surface area contributed by atoms with Crippen LogP contribution in [-0.4, -0.2) is 9.55 Å². The largest absolute Gasteiger partial charge is 0.323 e. The fourth-order valence-corrected chi connectivity index (χ4v) is 4.91. The van der Waals surface area contributed by atoms with Crippen LogP contribution in [0.25, 0.3) is 10.2 Å². The third-order valence-corrected chi connectivity index (χ3v) is 6.42. The highest BCUT2D eigenvalue weighted by molar-refractivity contribution is 7.71. The lowest BCUT2D eigenvalue weighted by Crippen LogP contribution is -2.28. The predicted octanol–water partition coefficient (Wildman–Crippen LogP) is 4.61. The quantitative estimate of drug-likeness (QED) is 0.838. The number of nitrogens with one attached hydrogen (secondary N) is 1. The molecule has 0 fully saturated rings. The van der Waals surface area contributed by atoms with Gasteiger partial charge in [-0.25, -0.2) is 0 Å². The number of hydrogen-bond acceptors (Lipinski definition) is 3. The Hall–Kier alpha value is -0.940. The molecule has 5 heteroatoms. The van der Waals surface area contributed by atoms with E-state index in [0.717, 1.165) is 29.5 Å².